The van der Waals surface area contributed by atoms with Crippen molar-refractivity contribution in [2.75, 3.05) is 30.5 Å². The van der Waals surface area contributed by atoms with Gasteiger partial charge < -0.3 is 24.4 Å². The number of hydrogen-bond donors (Lipinski definition) is 1. The second-order valence-corrected chi connectivity index (χ2v) is 8.75. The summed E-state index contributed by atoms with van der Waals surface area (Å²) in [6.07, 6.45) is -0.00723. The van der Waals surface area contributed by atoms with Gasteiger partial charge in [-0.2, -0.15) is 0 Å². The molecule has 10 heteroatoms. The molecule has 1 atom stereocenters. The van der Waals surface area contributed by atoms with Crippen LogP contribution < -0.4 is 19.7 Å². The molecule has 0 spiro atoms. The number of methoxy groups -OCH3 is 1. The zero-order valence-electron chi connectivity index (χ0n) is 19.2. The molecule has 0 bridgehead atoms. The van der Waals surface area contributed by atoms with Gasteiger partial charge in [-0.15, -0.1) is 0 Å². The average Bonchev–Trinajstić information content (AvgIpc) is 3.27. The van der Waals surface area contributed by atoms with E-state index in [1.807, 2.05) is 12.1 Å². The van der Waals surface area contributed by atoms with Crippen molar-refractivity contribution in [3.8, 4) is 17.2 Å². The molecule has 1 heterocycles. The third kappa shape index (κ3) is 6.08. The van der Waals surface area contributed by atoms with Crippen LogP contribution in [-0.2, 0) is 19.1 Å². The van der Waals surface area contributed by atoms with Gasteiger partial charge in [-0.3, -0.25) is 14.4 Å². The summed E-state index contributed by atoms with van der Waals surface area (Å²) in [4.78, 5) is 38.7. The Morgan fingerprint density at radius 3 is 2.42 bits per heavy atom. The number of carbonyl (C=O) groups excluding carboxylic acids is 3. The van der Waals surface area contributed by atoms with E-state index in [4.69, 9.17) is 37.4 Å². The number of rotatable bonds is 8. The molecule has 3 aromatic carbocycles. The molecular formula is C26H22Cl2N2O6. The maximum absolute atomic E-state index is 12.6. The first-order valence-electron chi connectivity index (χ1n) is 11.0. The van der Waals surface area contributed by atoms with Gasteiger partial charge in [0.1, 0.15) is 5.75 Å². The molecule has 1 aliphatic rings. The Morgan fingerprint density at radius 1 is 1.00 bits per heavy atom. The second kappa shape index (κ2) is 11.3. The molecule has 3 aromatic rings. The van der Waals surface area contributed by atoms with Crippen LogP contribution in [-0.4, -0.2) is 38.0 Å². The summed E-state index contributed by atoms with van der Waals surface area (Å²) < 4.78 is 16.3. The molecule has 0 radical (unpaired) electrons. The molecular weight excluding hydrogens is 507 g/mol. The van der Waals surface area contributed by atoms with Gasteiger partial charge in [0.05, 0.1) is 23.1 Å². The van der Waals surface area contributed by atoms with Crippen LogP contribution in [0.15, 0.2) is 66.7 Å². The van der Waals surface area contributed by atoms with Crippen molar-refractivity contribution in [2.24, 2.45) is 5.92 Å². The molecule has 2 amide bonds. The minimum absolute atomic E-state index is 0.00723. The zero-order chi connectivity index (χ0) is 25.7. The van der Waals surface area contributed by atoms with E-state index in [9.17, 15) is 14.4 Å². The number of halogens is 2. The lowest BCUT2D eigenvalue weighted by molar-refractivity contribution is -0.151. The van der Waals surface area contributed by atoms with E-state index in [-0.39, 0.29) is 23.9 Å². The van der Waals surface area contributed by atoms with Crippen LogP contribution >= 0.6 is 23.2 Å². The van der Waals surface area contributed by atoms with Gasteiger partial charge in [0.25, 0.3) is 5.91 Å². The van der Waals surface area contributed by atoms with Crippen molar-refractivity contribution in [2.45, 2.75) is 6.42 Å². The van der Waals surface area contributed by atoms with Gasteiger partial charge in [0.15, 0.2) is 18.1 Å². The third-order valence-electron chi connectivity index (χ3n) is 5.45. The van der Waals surface area contributed by atoms with Crippen LogP contribution in [0, 0.1) is 5.92 Å². The Morgan fingerprint density at radius 2 is 1.72 bits per heavy atom. The Balaban J connectivity index is 1.30. The van der Waals surface area contributed by atoms with Crippen molar-refractivity contribution >= 4 is 52.4 Å². The lowest BCUT2D eigenvalue weighted by Gasteiger charge is -2.17. The molecule has 1 saturated heterocycles. The highest BCUT2D eigenvalue weighted by Crippen LogP contribution is 2.33. The highest BCUT2D eigenvalue weighted by atomic mass is 35.5. The Bertz CT molecular complexity index is 1280. The van der Waals surface area contributed by atoms with Gasteiger partial charge in [-0.1, -0.05) is 35.3 Å². The van der Waals surface area contributed by atoms with E-state index in [0.29, 0.717) is 33.6 Å². The van der Waals surface area contributed by atoms with Gasteiger partial charge in [-0.05, 0) is 54.6 Å². The minimum Gasteiger partial charge on any atom is -0.493 e. The summed E-state index contributed by atoms with van der Waals surface area (Å²) >= 11 is 11.8. The fourth-order valence-corrected chi connectivity index (χ4v) is 3.96. The standard InChI is InChI=1S/C26H22Cl2N2O6/c1-34-22-4-2-3-5-23(22)36-19-9-7-18(8-10-19)30-14-16(12-25(30)32)26(33)35-15-24(31)29-17-6-11-20(27)21(28)13-17/h2-11,13,16H,12,14-15H2,1H3,(H,29,31)/t16-/m1/s1. The van der Waals surface area contributed by atoms with E-state index in [0.717, 1.165) is 0 Å². The number of hydrogen-bond acceptors (Lipinski definition) is 6. The van der Waals surface area contributed by atoms with Crippen LogP contribution in [0.2, 0.25) is 10.0 Å². The molecule has 186 valence electrons. The number of nitrogens with one attached hydrogen (secondary N) is 1. The van der Waals surface area contributed by atoms with Crippen LogP contribution in [0.3, 0.4) is 0 Å². The van der Waals surface area contributed by atoms with Crippen molar-refractivity contribution in [3.05, 3.63) is 76.8 Å². The topological polar surface area (TPSA) is 94.2 Å². The quantitative estimate of drug-likeness (QED) is 0.397. The normalized spacial score (nSPS) is 14.9. The number of nitrogens with zero attached hydrogens (tertiary/aromatic N) is 1. The molecule has 4 rings (SSSR count). The molecule has 0 aliphatic carbocycles. The van der Waals surface area contributed by atoms with Crippen molar-refractivity contribution < 1.29 is 28.6 Å². The summed E-state index contributed by atoms with van der Waals surface area (Å²) in [7, 11) is 1.56. The SMILES string of the molecule is COc1ccccc1Oc1ccc(N2C[C@H](C(=O)OCC(=O)Nc3ccc(Cl)c(Cl)c3)CC2=O)cc1. The zero-order valence-corrected chi connectivity index (χ0v) is 20.7. The number of amides is 2. The molecule has 1 aliphatic heterocycles. The van der Waals surface area contributed by atoms with Crippen molar-refractivity contribution in [1.82, 2.24) is 0 Å². The number of benzene rings is 3. The third-order valence-corrected chi connectivity index (χ3v) is 6.19. The van der Waals surface area contributed by atoms with Crippen LogP contribution in [0.5, 0.6) is 17.2 Å². The average molecular weight is 529 g/mol. The number of anilines is 2. The largest absolute Gasteiger partial charge is 0.493 e. The first kappa shape index (κ1) is 25.3. The smallest absolute Gasteiger partial charge is 0.311 e. The van der Waals surface area contributed by atoms with E-state index >= 15 is 0 Å². The van der Waals surface area contributed by atoms with Gasteiger partial charge in [-0.25, -0.2) is 0 Å². The molecule has 36 heavy (non-hydrogen) atoms. The summed E-state index contributed by atoms with van der Waals surface area (Å²) in [5.41, 5.74) is 1.05. The summed E-state index contributed by atoms with van der Waals surface area (Å²) in [5, 5.41) is 3.22. The summed E-state index contributed by atoms with van der Waals surface area (Å²) in [6, 6.07) is 18.8. The molecule has 1 fully saturated rings. The molecule has 8 nitrogen and oxygen atoms in total. The predicted molar refractivity (Wildman–Crippen MR) is 136 cm³/mol. The molecule has 0 aromatic heterocycles. The molecule has 0 unspecified atom stereocenters. The predicted octanol–water partition coefficient (Wildman–Crippen LogP) is 5.33. The summed E-state index contributed by atoms with van der Waals surface area (Å²) in [6.45, 7) is -0.336. The maximum Gasteiger partial charge on any atom is 0.311 e. The first-order valence-corrected chi connectivity index (χ1v) is 11.7. The molecule has 0 saturated carbocycles. The number of carbonyl (C=O) groups is 3. The van der Waals surface area contributed by atoms with Gasteiger partial charge >= 0.3 is 5.97 Å². The second-order valence-electron chi connectivity index (χ2n) is 7.94. The van der Waals surface area contributed by atoms with Gasteiger partial charge in [0, 0.05) is 24.3 Å². The highest BCUT2D eigenvalue weighted by Gasteiger charge is 2.36. The number of para-hydroxylation sites is 2. The fraction of sp³-hybridized carbons (Fsp3) is 0.192. The van der Waals surface area contributed by atoms with Crippen LogP contribution in [0.4, 0.5) is 11.4 Å². The minimum atomic E-state index is -0.681. The molecule has 1 N–H and O–H groups in total. The van der Waals surface area contributed by atoms with E-state index < -0.39 is 24.4 Å². The van der Waals surface area contributed by atoms with Gasteiger partial charge in [0.2, 0.25) is 5.91 Å². The Hall–Kier alpha value is -3.75. The maximum atomic E-state index is 12.6. The number of esters is 1. The lowest BCUT2D eigenvalue weighted by atomic mass is 10.1. The van der Waals surface area contributed by atoms with Crippen molar-refractivity contribution in [3.63, 3.8) is 0 Å². The summed E-state index contributed by atoms with van der Waals surface area (Å²) in [5.74, 6) is -0.312. The highest BCUT2D eigenvalue weighted by molar-refractivity contribution is 6.42. The number of ether oxygens (including phenoxy) is 3. The van der Waals surface area contributed by atoms with Crippen molar-refractivity contribution in [1.29, 1.82) is 0 Å². The van der Waals surface area contributed by atoms with Crippen LogP contribution in [0.1, 0.15) is 6.42 Å². The fourth-order valence-electron chi connectivity index (χ4n) is 3.66. The Kier molecular flexibility index (Phi) is 7.97. The van der Waals surface area contributed by atoms with E-state index in [2.05, 4.69) is 5.32 Å². The monoisotopic (exact) mass is 528 g/mol. The van der Waals surface area contributed by atoms with E-state index in [1.165, 1.54) is 11.0 Å². The lowest BCUT2D eigenvalue weighted by Crippen LogP contribution is -2.28. The first-order chi connectivity index (χ1) is 17.3. The van der Waals surface area contributed by atoms with Crippen LogP contribution in [0.25, 0.3) is 0 Å². The Labute approximate surface area is 217 Å². The van der Waals surface area contributed by atoms with E-state index in [1.54, 1.807) is 55.6 Å².